The Balaban J connectivity index is 3.57. The maximum atomic E-state index is 11.1. The number of ketones is 1. The summed E-state index contributed by atoms with van der Waals surface area (Å²) in [4.78, 5) is 11.1. The van der Waals surface area contributed by atoms with Gasteiger partial charge in [-0.15, -0.1) is 0 Å². The maximum Gasteiger partial charge on any atom is 0.166 e. The number of ether oxygens (including phenoxy) is 1. The summed E-state index contributed by atoms with van der Waals surface area (Å²) in [6.07, 6.45) is -0.982. The molecule has 0 saturated heterocycles. The molecule has 0 spiro atoms. The smallest absolute Gasteiger partial charge is 0.166 e. The third-order valence-electron chi connectivity index (χ3n) is 1.41. The molecule has 72 valence electrons. The van der Waals surface area contributed by atoms with Crippen LogP contribution in [0.25, 0.3) is 0 Å². The van der Waals surface area contributed by atoms with Crippen LogP contribution < -0.4 is 0 Å². The minimum atomic E-state index is -0.982. The van der Waals surface area contributed by atoms with E-state index < -0.39 is 6.10 Å². The highest BCUT2D eigenvalue weighted by Gasteiger charge is 2.17. The van der Waals surface area contributed by atoms with Crippen molar-refractivity contribution in [3.8, 4) is 0 Å². The molecule has 0 aliphatic heterocycles. The van der Waals surface area contributed by atoms with Crippen molar-refractivity contribution in [2.24, 2.45) is 5.92 Å². The normalized spacial score (nSPS) is 13.4. The Labute approximate surface area is 78.5 Å². The van der Waals surface area contributed by atoms with Crippen LogP contribution in [0.3, 0.4) is 0 Å². The van der Waals surface area contributed by atoms with Crippen molar-refractivity contribution in [1.82, 2.24) is 0 Å². The number of rotatable bonds is 6. The van der Waals surface area contributed by atoms with E-state index in [0.717, 1.165) is 0 Å². The van der Waals surface area contributed by atoms with Crippen molar-refractivity contribution in [3.05, 3.63) is 0 Å². The highest BCUT2D eigenvalue weighted by molar-refractivity contribution is 7.80. The van der Waals surface area contributed by atoms with Crippen LogP contribution in [0.4, 0.5) is 0 Å². The molecular weight excluding hydrogens is 176 g/mol. The van der Waals surface area contributed by atoms with Crippen LogP contribution in [-0.2, 0) is 9.53 Å². The third-order valence-corrected chi connectivity index (χ3v) is 1.59. The molecule has 12 heavy (non-hydrogen) atoms. The van der Waals surface area contributed by atoms with Gasteiger partial charge >= 0.3 is 0 Å². The van der Waals surface area contributed by atoms with E-state index in [1.165, 1.54) is 0 Å². The lowest BCUT2D eigenvalue weighted by molar-refractivity contribution is -0.133. The van der Waals surface area contributed by atoms with Crippen molar-refractivity contribution in [3.63, 3.8) is 0 Å². The molecule has 0 rings (SSSR count). The molecule has 0 saturated carbocycles. The van der Waals surface area contributed by atoms with Gasteiger partial charge in [0.1, 0.15) is 6.10 Å². The molecule has 0 aromatic heterocycles. The molecule has 0 radical (unpaired) electrons. The van der Waals surface area contributed by atoms with Gasteiger partial charge in [0, 0.05) is 11.7 Å². The van der Waals surface area contributed by atoms with Crippen molar-refractivity contribution >= 4 is 18.4 Å². The summed E-state index contributed by atoms with van der Waals surface area (Å²) in [5, 5.41) is 9.22. The number of Topliss-reactive ketones (excluding diaryl/α,β-unsaturated/α-hetero) is 1. The van der Waals surface area contributed by atoms with E-state index in [-0.39, 0.29) is 18.3 Å². The second-order valence-corrected chi connectivity index (χ2v) is 3.32. The molecule has 0 fully saturated rings. The molecule has 0 heterocycles. The van der Waals surface area contributed by atoms with Crippen molar-refractivity contribution in [2.75, 3.05) is 19.0 Å². The first-order valence-electron chi connectivity index (χ1n) is 4.00. The van der Waals surface area contributed by atoms with E-state index in [1.54, 1.807) is 13.8 Å². The lowest BCUT2D eigenvalue weighted by Gasteiger charge is -2.11. The molecule has 1 N–H and O–H groups in total. The molecule has 0 bridgehead atoms. The maximum absolute atomic E-state index is 11.1. The highest BCUT2D eigenvalue weighted by Crippen LogP contribution is 2.00. The van der Waals surface area contributed by atoms with E-state index in [0.29, 0.717) is 12.4 Å². The molecule has 0 aromatic rings. The Hall–Kier alpha value is -0.0600. The molecule has 4 heteroatoms. The summed E-state index contributed by atoms with van der Waals surface area (Å²) in [6.45, 7) is 4.05. The minimum absolute atomic E-state index is 0.0809. The molecule has 0 amide bonds. The fraction of sp³-hybridized carbons (Fsp3) is 0.875. The second-order valence-electron chi connectivity index (χ2n) is 2.87. The average Bonchev–Trinajstić information content (AvgIpc) is 2.03. The van der Waals surface area contributed by atoms with Gasteiger partial charge in [-0.05, 0) is 0 Å². The standard InChI is InChI=1S/C8H16O3S/c1-6(2)8(10)7(9)5-11-3-4-12/h6-7,9,12H,3-5H2,1-2H3/t7-/m0/s1. The Bertz CT molecular complexity index is 136. The van der Waals surface area contributed by atoms with Gasteiger partial charge in [-0.25, -0.2) is 0 Å². The molecule has 1 atom stereocenters. The van der Waals surface area contributed by atoms with E-state index in [9.17, 15) is 9.90 Å². The molecule has 0 unspecified atom stereocenters. The van der Waals surface area contributed by atoms with Gasteiger partial charge in [0.05, 0.1) is 13.2 Å². The van der Waals surface area contributed by atoms with E-state index in [1.807, 2.05) is 0 Å². The molecule has 0 aliphatic rings. The Kier molecular flexibility index (Phi) is 6.42. The van der Waals surface area contributed by atoms with E-state index >= 15 is 0 Å². The predicted molar refractivity (Wildman–Crippen MR) is 50.5 cm³/mol. The van der Waals surface area contributed by atoms with Crippen LogP contribution in [0.2, 0.25) is 0 Å². The number of carbonyl (C=O) groups is 1. The summed E-state index contributed by atoms with van der Waals surface area (Å²) in [6, 6.07) is 0. The first kappa shape index (κ1) is 11.9. The number of carbonyl (C=O) groups excluding carboxylic acids is 1. The van der Waals surface area contributed by atoms with E-state index in [4.69, 9.17) is 4.74 Å². The zero-order valence-corrected chi connectivity index (χ0v) is 8.38. The molecular formula is C8H16O3S. The zero-order chi connectivity index (χ0) is 9.56. The molecule has 0 aliphatic carbocycles. The summed E-state index contributed by atoms with van der Waals surface area (Å²) in [7, 11) is 0. The van der Waals surface area contributed by atoms with Gasteiger partial charge in [0.2, 0.25) is 0 Å². The van der Waals surface area contributed by atoms with Crippen LogP contribution >= 0.6 is 12.6 Å². The number of hydrogen-bond donors (Lipinski definition) is 2. The average molecular weight is 192 g/mol. The fourth-order valence-corrected chi connectivity index (χ4v) is 0.856. The van der Waals surface area contributed by atoms with Crippen molar-refractivity contribution < 1.29 is 14.6 Å². The Morgan fingerprint density at radius 2 is 2.17 bits per heavy atom. The van der Waals surface area contributed by atoms with Crippen LogP contribution in [0.15, 0.2) is 0 Å². The fourth-order valence-electron chi connectivity index (χ4n) is 0.726. The van der Waals surface area contributed by atoms with Gasteiger partial charge < -0.3 is 9.84 Å². The Morgan fingerprint density at radius 3 is 2.58 bits per heavy atom. The van der Waals surface area contributed by atoms with Gasteiger partial charge in [0.25, 0.3) is 0 Å². The topological polar surface area (TPSA) is 46.5 Å². The van der Waals surface area contributed by atoms with Crippen molar-refractivity contribution in [1.29, 1.82) is 0 Å². The largest absolute Gasteiger partial charge is 0.383 e. The molecule has 3 nitrogen and oxygen atoms in total. The summed E-state index contributed by atoms with van der Waals surface area (Å²) in [5.41, 5.74) is 0. The van der Waals surface area contributed by atoms with Crippen LogP contribution in [0.5, 0.6) is 0 Å². The minimum Gasteiger partial charge on any atom is -0.383 e. The SMILES string of the molecule is CC(C)C(=O)[C@@H](O)COCCS. The lowest BCUT2D eigenvalue weighted by atomic mass is 10.1. The van der Waals surface area contributed by atoms with Gasteiger partial charge in [-0.3, -0.25) is 4.79 Å². The number of hydrogen-bond acceptors (Lipinski definition) is 4. The van der Waals surface area contributed by atoms with Crippen LogP contribution in [0.1, 0.15) is 13.8 Å². The van der Waals surface area contributed by atoms with Gasteiger partial charge in [-0.1, -0.05) is 13.8 Å². The highest BCUT2D eigenvalue weighted by atomic mass is 32.1. The monoisotopic (exact) mass is 192 g/mol. The van der Waals surface area contributed by atoms with E-state index in [2.05, 4.69) is 12.6 Å². The quantitative estimate of drug-likeness (QED) is 0.476. The number of aliphatic hydroxyl groups is 1. The van der Waals surface area contributed by atoms with Crippen molar-refractivity contribution in [2.45, 2.75) is 20.0 Å². The zero-order valence-electron chi connectivity index (χ0n) is 7.49. The van der Waals surface area contributed by atoms with Gasteiger partial charge in [0.15, 0.2) is 5.78 Å². The number of thiol groups is 1. The van der Waals surface area contributed by atoms with Gasteiger partial charge in [-0.2, -0.15) is 12.6 Å². The lowest BCUT2D eigenvalue weighted by Crippen LogP contribution is -2.29. The first-order valence-corrected chi connectivity index (χ1v) is 4.63. The van der Waals surface area contributed by atoms with Crippen LogP contribution in [-0.4, -0.2) is 36.0 Å². The summed E-state index contributed by atoms with van der Waals surface area (Å²) < 4.78 is 4.97. The third kappa shape index (κ3) is 4.74. The first-order chi connectivity index (χ1) is 5.59. The number of aliphatic hydroxyl groups excluding tert-OH is 1. The second kappa shape index (κ2) is 6.46. The predicted octanol–water partition coefficient (Wildman–Crippen LogP) is 0.519. The summed E-state index contributed by atoms with van der Waals surface area (Å²) in [5.74, 6) is 0.288. The van der Waals surface area contributed by atoms with Crippen LogP contribution in [0, 0.1) is 5.92 Å². The Morgan fingerprint density at radius 1 is 1.58 bits per heavy atom. The summed E-state index contributed by atoms with van der Waals surface area (Å²) >= 11 is 3.92. The molecule has 0 aromatic carbocycles.